The van der Waals surface area contributed by atoms with Crippen LogP contribution in [0.2, 0.25) is 0 Å². The number of aromatic nitrogens is 2. The van der Waals surface area contributed by atoms with Crippen molar-refractivity contribution in [2.24, 2.45) is 0 Å². The zero-order valence-electron chi connectivity index (χ0n) is 12.0. The van der Waals surface area contributed by atoms with Crippen molar-refractivity contribution in [2.45, 2.75) is 20.0 Å². The normalized spacial score (nSPS) is 11.1. The number of benzene rings is 1. The molecule has 3 rings (SSSR count). The maximum Gasteiger partial charge on any atom is 0.141 e. The number of halogens is 1. The lowest BCUT2D eigenvalue weighted by molar-refractivity contribution is 0.617. The molecule has 3 nitrogen and oxygen atoms in total. The summed E-state index contributed by atoms with van der Waals surface area (Å²) in [6.07, 6.45) is 4.96. The van der Waals surface area contributed by atoms with E-state index in [2.05, 4.69) is 46.1 Å². The molecule has 0 aliphatic heterocycles. The van der Waals surface area contributed by atoms with E-state index in [1.165, 1.54) is 23.2 Å². The van der Waals surface area contributed by atoms with E-state index in [1.54, 1.807) is 6.20 Å². The van der Waals surface area contributed by atoms with E-state index in [9.17, 15) is 4.39 Å². The monoisotopic (exact) mass is 283 g/mol. The molecule has 21 heavy (non-hydrogen) atoms. The van der Waals surface area contributed by atoms with Gasteiger partial charge in [0.15, 0.2) is 0 Å². The Morgan fingerprint density at radius 1 is 1.14 bits per heavy atom. The van der Waals surface area contributed by atoms with Gasteiger partial charge in [0.25, 0.3) is 0 Å². The predicted octanol–water partition coefficient (Wildman–Crippen LogP) is 3.33. The average Bonchev–Trinajstić information content (AvgIpc) is 2.87. The van der Waals surface area contributed by atoms with Gasteiger partial charge in [0.05, 0.1) is 6.20 Å². The minimum absolute atomic E-state index is 0.295. The smallest absolute Gasteiger partial charge is 0.141 e. The molecule has 0 aliphatic carbocycles. The fourth-order valence-electron chi connectivity index (χ4n) is 2.51. The summed E-state index contributed by atoms with van der Waals surface area (Å²) in [4.78, 5) is 3.90. The van der Waals surface area contributed by atoms with E-state index >= 15 is 0 Å². The summed E-state index contributed by atoms with van der Waals surface area (Å²) in [5.41, 5.74) is 3.29. The standard InChI is InChI=1S/C17H18FN3/c1-2-19-9-13-3-4-17-15(7-13)5-6-21(17)12-14-8-16(18)11-20-10-14/h3-8,10-11,19H,2,9,12H2,1H3. The Bertz CT molecular complexity index is 749. The zero-order valence-corrected chi connectivity index (χ0v) is 12.0. The summed E-state index contributed by atoms with van der Waals surface area (Å²) in [5.74, 6) is -0.295. The third-order valence-corrected chi connectivity index (χ3v) is 3.53. The molecule has 0 saturated heterocycles. The first kappa shape index (κ1) is 13.8. The number of pyridine rings is 1. The van der Waals surface area contributed by atoms with Gasteiger partial charge in [-0.25, -0.2) is 4.39 Å². The molecule has 0 atom stereocenters. The van der Waals surface area contributed by atoms with Crippen LogP contribution in [0.15, 0.2) is 48.9 Å². The van der Waals surface area contributed by atoms with E-state index in [0.717, 1.165) is 24.2 Å². The van der Waals surface area contributed by atoms with Gasteiger partial charge in [0.1, 0.15) is 5.82 Å². The predicted molar refractivity (Wildman–Crippen MR) is 82.6 cm³/mol. The molecule has 2 heterocycles. The van der Waals surface area contributed by atoms with Gasteiger partial charge in [-0.05, 0) is 47.3 Å². The van der Waals surface area contributed by atoms with Crippen molar-refractivity contribution in [1.82, 2.24) is 14.9 Å². The lowest BCUT2D eigenvalue weighted by Crippen LogP contribution is -2.11. The second-order valence-electron chi connectivity index (χ2n) is 5.13. The number of hydrogen-bond donors (Lipinski definition) is 1. The van der Waals surface area contributed by atoms with Crippen LogP contribution in [0.5, 0.6) is 0 Å². The molecular formula is C17H18FN3. The first-order chi connectivity index (χ1) is 10.3. The van der Waals surface area contributed by atoms with Crippen molar-refractivity contribution in [1.29, 1.82) is 0 Å². The molecule has 0 bridgehead atoms. The van der Waals surface area contributed by atoms with Crippen molar-refractivity contribution < 1.29 is 4.39 Å². The topological polar surface area (TPSA) is 29.9 Å². The molecule has 0 saturated carbocycles. The quantitative estimate of drug-likeness (QED) is 0.778. The van der Waals surface area contributed by atoms with Crippen LogP contribution >= 0.6 is 0 Å². The lowest BCUT2D eigenvalue weighted by atomic mass is 10.1. The van der Waals surface area contributed by atoms with E-state index in [4.69, 9.17) is 0 Å². The Morgan fingerprint density at radius 3 is 2.86 bits per heavy atom. The number of nitrogens with zero attached hydrogens (tertiary/aromatic N) is 2. The Kier molecular flexibility index (Phi) is 3.97. The molecule has 2 aromatic heterocycles. The Morgan fingerprint density at radius 2 is 2.05 bits per heavy atom. The fraction of sp³-hybridized carbons (Fsp3) is 0.235. The Hall–Kier alpha value is -2.20. The average molecular weight is 283 g/mol. The molecule has 0 unspecified atom stereocenters. The summed E-state index contributed by atoms with van der Waals surface area (Å²) in [5, 5.41) is 4.53. The number of rotatable bonds is 5. The van der Waals surface area contributed by atoms with Crippen LogP contribution in [0.3, 0.4) is 0 Å². The van der Waals surface area contributed by atoms with Crippen LogP contribution in [-0.2, 0) is 13.1 Å². The largest absolute Gasteiger partial charge is 0.343 e. The molecule has 0 fully saturated rings. The summed E-state index contributed by atoms with van der Waals surface area (Å²) in [7, 11) is 0. The lowest BCUT2D eigenvalue weighted by Gasteiger charge is -2.07. The summed E-state index contributed by atoms with van der Waals surface area (Å²) in [6.45, 7) is 4.57. The molecule has 0 amide bonds. The maximum absolute atomic E-state index is 13.2. The van der Waals surface area contributed by atoms with E-state index in [-0.39, 0.29) is 5.82 Å². The first-order valence-corrected chi connectivity index (χ1v) is 7.14. The molecule has 1 aromatic carbocycles. The van der Waals surface area contributed by atoms with Crippen molar-refractivity contribution >= 4 is 10.9 Å². The van der Waals surface area contributed by atoms with Crippen LogP contribution in [0.4, 0.5) is 4.39 Å². The van der Waals surface area contributed by atoms with Gasteiger partial charge in [-0.2, -0.15) is 0 Å². The van der Waals surface area contributed by atoms with Gasteiger partial charge in [0, 0.05) is 31.0 Å². The van der Waals surface area contributed by atoms with Gasteiger partial charge >= 0.3 is 0 Å². The number of hydrogen-bond acceptors (Lipinski definition) is 2. The minimum atomic E-state index is -0.295. The van der Waals surface area contributed by atoms with Crippen LogP contribution in [-0.4, -0.2) is 16.1 Å². The van der Waals surface area contributed by atoms with E-state index in [0.29, 0.717) is 6.54 Å². The summed E-state index contributed by atoms with van der Waals surface area (Å²) >= 11 is 0. The van der Waals surface area contributed by atoms with E-state index < -0.39 is 0 Å². The summed E-state index contributed by atoms with van der Waals surface area (Å²) < 4.78 is 15.3. The van der Waals surface area contributed by atoms with Crippen LogP contribution in [0, 0.1) is 5.82 Å². The van der Waals surface area contributed by atoms with Gasteiger partial charge in [-0.1, -0.05) is 13.0 Å². The highest BCUT2D eigenvalue weighted by molar-refractivity contribution is 5.81. The molecule has 0 aliphatic rings. The second-order valence-corrected chi connectivity index (χ2v) is 5.13. The summed E-state index contributed by atoms with van der Waals surface area (Å²) in [6, 6.07) is 10.1. The highest BCUT2D eigenvalue weighted by Gasteiger charge is 2.04. The first-order valence-electron chi connectivity index (χ1n) is 7.14. The van der Waals surface area contributed by atoms with Gasteiger partial charge in [-0.15, -0.1) is 0 Å². The molecular weight excluding hydrogens is 265 g/mol. The fourth-order valence-corrected chi connectivity index (χ4v) is 2.51. The molecule has 4 heteroatoms. The van der Waals surface area contributed by atoms with Gasteiger partial charge in [-0.3, -0.25) is 4.98 Å². The second kappa shape index (κ2) is 6.06. The zero-order chi connectivity index (χ0) is 14.7. The highest BCUT2D eigenvalue weighted by atomic mass is 19.1. The van der Waals surface area contributed by atoms with Crippen molar-refractivity contribution in [3.63, 3.8) is 0 Å². The van der Waals surface area contributed by atoms with Gasteiger partial charge < -0.3 is 9.88 Å². The molecule has 108 valence electrons. The number of fused-ring (bicyclic) bond motifs is 1. The third-order valence-electron chi connectivity index (χ3n) is 3.53. The molecule has 3 aromatic rings. The minimum Gasteiger partial charge on any atom is -0.343 e. The Labute approximate surface area is 123 Å². The van der Waals surface area contributed by atoms with Crippen LogP contribution < -0.4 is 5.32 Å². The maximum atomic E-state index is 13.2. The molecule has 1 N–H and O–H groups in total. The highest BCUT2D eigenvalue weighted by Crippen LogP contribution is 2.19. The molecule has 0 spiro atoms. The van der Waals surface area contributed by atoms with Crippen LogP contribution in [0.25, 0.3) is 10.9 Å². The van der Waals surface area contributed by atoms with Crippen molar-refractivity contribution in [2.75, 3.05) is 6.54 Å². The number of nitrogens with one attached hydrogen (secondary N) is 1. The van der Waals surface area contributed by atoms with Crippen molar-refractivity contribution in [3.05, 3.63) is 65.9 Å². The Balaban J connectivity index is 1.86. The van der Waals surface area contributed by atoms with Crippen molar-refractivity contribution in [3.8, 4) is 0 Å². The van der Waals surface area contributed by atoms with Gasteiger partial charge in [0.2, 0.25) is 0 Å². The molecule has 0 radical (unpaired) electrons. The van der Waals surface area contributed by atoms with E-state index in [1.807, 2.05) is 6.20 Å². The van der Waals surface area contributed by atoms with Crippen LogP contribution in [0.1, 0.15) is 18.1 Å². The third kappa shape index (κ3) is 3.11. The SMILES string of the molecule is CCNCc1ccc2c(ccn2Cc2cncc(F)c2)c1.